The van der Waals surface area contributed by atoms with Gasteiger partial charge >= 0.3 is 6.09 Å². The van der Waals surface area contributed by atoms with E-state index in [0.29, 0.717) is 18.7 Å². The number of halogens is 2. The van der Waals surface area contributed by atoms with Crippen LogP contribution in [0, 0.1) is 11.7 Å². The van der Waals surface area contributed by atoms with Gasteiger partial charge in [0.1, 0.15) is 11.4 Å². The first-order valence-corrected chi connectivity index (χ1v) is 9.67. The van der Waals surface area contributed by atoms with Crippen LogP contribution in [0.5, 0.6) is 0 Å². The van der Waals surface area contributed by atoms with E-state index in [9.17, 15) is 9.18 Å². The molecule has 1 N–H and O–H groups in total. The molecule has 1 amide bonds. The molecule has 4 nitrogen and oxygen atoms in total. The van der Waals surface area contributed by atoms with Crippen molar-refractivity contribution in [2.24, 2.45) is 5.92 Å². The summed E-state index contributed by atoms with van der Waals surface area (Å²) in [5, 5.41) is 2.97. The number of alkyl carbamates (subject to hydrolysis) is 1. The van der Waals surface area contributed by atoms with Crippen molar-refractivity contribution in [3.8, 4) is 0 Å². The zero-order valence-electron chi connectivity index (χ0n) is 15.9. The van der Waals surface area contributed by atoms with Gasteiger partial charge in [-0.3, -0.25) is 4.90 Å². The van der Waals surface area contributed by atoms with Gasteiger partial charge in [0.2, 0.25) is 0 Å². The molecule has 0 spiro atoms. The first kappa shape index (κ1) is 19.4. The number of benzene rings is 1. The maximum Gasteiger partial charge on any atom is 0.407 e. The fourth-order valence-corrected chi connectivity index (χ4v) is 4.41. The van der Waals surface area contributed by atoms with Crippen molar-refractivity contribution in [3.63, 3.8) is 0 Å². The van der Waals surface area contributed by atoms with Crippen LogP contribution in [0.25, 0.3) is 0 Å². The van der Waals surface area contributed by atoms with Crippen LogP contribution in [0.15, 0.2) is 18.2 Å². The molecule has 0 heterocycles. The molecule has 1 unspecified atom stereocenters. The fourth-order valence-electron chi connectivity index (χ4n) is 4.23. The zero-order valence-corrected chi connectivity index (χ0v) is 16.7. The van der Waals surface area contributed by atoms with E-state index in [-0.39, 0.29) is 22.4 Å². The van der Waals surface area contributed by atoms with Gasteiger partial charge in [-0.1, -0.05) is 23.7 Å². The smallest absolute Gasteiger partial charge is 0.407 e. The molecule has 3 aliphatic rings. The molecule has 2 bridgehead atoms. The highest BCUT2D eigenvalue weighted by atomic mass is 35.5. The first-order valence-electron chi connectivity index (χ1n) is 9.29. The minimum absolute atomic E-state index is 0.101. The molecule has 0 saturated heterocycles. The third kappa shape index (κ3) is 3.84. The van der Waals surface area contributed by atoms with Crippen LogP contribution in [0.1, 0.15) is 58.6 Å². The number of nitrogens with zero attached hydrogens (tertiary/aromatic N) is 1. The molecule has 4 rings (SSSR count). The summed E-state index contributed by atoms with van der Waals surface area (Å²) in [5.41, 5.74) is 0.239. The quantitative estimate of drug-likeness (QED) is 0.759. The van der Waals surface area contributed by atoms with Crippen LogP contribution < -0.4 is 5.32 Å². The highest BCUT2D eigenvalue weighted by molar-refractivity contribution is 6.30. The molecule has 3 fully saturated rings. The minimum Gasteiger partial charge on any atom is -0.444 e. The normalized spacial score (nSPS) is 25.3. The Morgan fingerprint density at radius 2 is 2.08 bits per heavy atom. The minimum atomic E-state index is -0.519. The topological polar surface area (TPSA) is 41.6 Å². The summed E-state index contributed by atoms with van der Waals surface area (Å²) in [4.78, 5) is 14.2. The second kappa shape index (κ2) is 7.01. The zero-order chi connectivity index (χ0) is 19.1. The summed E-state index contributed by atoms with van der Waals surface area (Å²) in [6.07, 6.45) is 3.06. The lowest BCUT2D eigenvalue weighted by atomic mass is 9.48. The molecule has 3 saturated carbocycles. The van der Waals surface area contributed by atoms with Crippen molar-refractivity contribution in [1.82, 2.24) is 10.2 Å². The lowest BCUT2D eigenvalue weighted by Crippen LogP contribution is -2.69. The number of carbonyl (C=O) groups excluding carboxylic acids is 1. The number of hydrogen-bond acceptors (Lipinski definition) is 3. The van der Waals surface area contributed by atoms with Crippen LogP contribution >= 0.6 is 11.6 Å². The van der Waals surface area contributed by atoms with E-state index < -0.39 is 11.7 Å². The monoisotopic (exact) mass is 382 g/mol. The Bertz CT molecular complexity index is 672. The van der Waals surface area contributed by atoms with E-state index >= 15 is 0 Å². The number of hydrogen-bond donors (Lipinski definition) is 1. The number of carbonyl (C=O) groups is 1. The van der Waals surface area contributed by atoms with Gasteiger partial charge in [0.25, 0.3) is 0 Å². The number of nitrogens with one attached hydrogen (secondary N) is 1. The molecular formula is C20H28ClFN2O2. The van der Waals surface area contributed by atoms with E-state index in [2.05, 4.69) is 10.2 Å². The number of amides is 1. The highest BCUT2D eigenvalue weighted by Crippen LogP contribution is 2.62. The Labute approximate surface area is 160 Å². The summed E-state index contributed by atoms with van der Waals surface area (Å²) in [6.45, 7) is 8.65. The Hall–Kier alpha value is -1.33. The third-order valence-corrected chi connectivity index (χ3v) is 5.83. The molecule has 3 aliphatic carbocycles. The lowest BCUT2D eigenvalue weighted by molar-refractivity contribution is -0.158. The summed E-state index contributed by atoms with van der Waals surface area (Å²) in [6, 6.07) is 5.06. The molecule has 6 heteroatoms. The van der Waals surface area contributed by atoms with E-state index in [4.69, 9.17) is 16.3 Å². The van der Waals surface area contributed by atoms with Gasteiger partial charge in [-0.25, -0.2) is 9.18 Å². The maximum atomic E-state index is 14.5. The van der Waals surface area contributed by atoms with Crippen LogP contribution in [0.4, 0.5) is 9.18 Å². The largest absolute Gasteiger partial charge is 0.444 e. The molecule has 1 aromatic carbocycles. The van der Waals surface area contributed by atoms with Gasteiger partial charge in [0.05, 0.1) is 5.02 Å². The number of rotatable bonds is 6. The molecule has 26 heavy (non-hydrogen) atoms. The van der Waals surface area contributed by atoms with Crippen molar-refractivity contribution in [1.29, 1.82) is 0 Å². The molecule has 0 aliphatic heterocycles. The van der Waals surface area contributed by atoms with Gasteiger partial charge in [-0.15, -0.1) is 0 Å². The number of ether oxygens (including phenoxy) is 1. The second-order valence-electron chi connectivity index (χ2n) is 8.64. The SMILES string of the molecule is CC(c1cccc(Cl)c1F)N(CCNC(=O)OC(C)(C)C)C12CC(C1)C2. The highest BCUT2D eigenvalue weighted by Gasteiger charge is 2.60. The summed E-state index contributed by atoms with van der Waals surface area (Å²) < 4.78 is 19.8. The fraction of sp³-hybridized carbons (Fsp3) is 0.650. The standard InChI is InChI=1S/C20H28ClFN2O2/c1-13(15-6-5-7-16(21)17(15)22)24(20-10-14(11-20)12-20)9-8-23-18(25)26-19(2,3)4/h5-7,13-14H,8-12H2,1-4H3,(H,23,25). The van der Waals surface area contributed by atoms with Gasteiger partial charge in [-0.2, -0.15) is 0 Å². The van der Waals surface area contributed by atoms with E-state index in [1.807, 2.05) is 27.7 Å². The van der Waals surface area contributed by atoms with Crippen molar-refractivity contribution >= 4 is 17.7 Å². The van der Waals surface area contributed by atoms with E-state index in [1.165, 1.54) is 0 Å². The maximum absolute atomic E-state index is 14.5. The van der Waals surface area contributed by atoms with Gasteiger partial charge < -0.3 is 10.1 Å². The summed E-state index contributed by atoms with van der Waals surface area (Å²) >= 11 is 5.97. The summed E-state index contributed by atoms with van der Waals surface area (Å²) in [7, 11) is 0. The van der Waals surface area contributed by atoms with E-state index in [1.54, 1.807) is 18.2 Å². The van der Waals surface area contributed by atoms with Crippen molar-refractivity contribution < 1.29 is 13.9 Å². The van der Waals surface area contributed by atoms with Gasteiger partial charge in [0.15, 0.2) is 0 Å². The van der Waals surface area contributed by atoms with E-state index in [0.717, 1.165) is 25.2 Å². The van der Waals surface area contributed by atoms with Crippen molar-refractivity contribution in [2.75, 3.05) is 13.1 Å². The van der Waals surface area contributed by atoms with Gasteiger partial charge in [-0.05, 0) is 58.9 Å². The molecular weight excluding hydrogens is 355 g/mol. The Balaban J connectivity index is 1.67. The lowest BCUT2D eigenvalue weighted by Gasteiger charge is -2.68. The van der Waals surface area contributed by atoms with Crippen LogP contribution in [-0.2, 0) is 4.74 Å². The molecule has 144 valence electrons. The first-order chi connectivity index (χ1) is 12.1. The summed E-state index contributed by atoms with van der Waals surface area (Å²) in [5.74, 6) is 0.464. The molecule has 0 radical (unpaired) electrons. The predicted molar refractivity (Wildman–Crippen MR) is 101 cm³/mol. The molecule has 1 aromatic rings. The molecule has 1 atom stereocenters. The Morgan fingerprint density at radius 1 is 1.42 bits per heavy atom. The van der Waals surface area contributed by atoms with Crippen LogP contribution in [-0.4, -0.2) is 35.2 Å². The Morgan fingerprint density at radius 3 is 2.62 bits per heavy atom. The van der Waals surface area contributed by atoms with Crippen LogP contribution in [0.3, 0.4) is 0 Å². The van der Waals surface area contributed by atoms with Crippen molar-refractivity contribution in [3.05, 3.63) is 34.6 Å². The van der Waals surface area contributed by atoms with Crippen LogP contribution in [0.2, 0.25) is 5.02 Å². The second-order valence-corrected chi connectivity index (χ2v) is 9.05. The average molecular weight is 383 g/mol. The average Bonchev–Trinajstić information content (AvgIpc) is 2.43. The predicted octanol–water partition coefficient (Wildman–Crippen LogP) is 4.92. The van der Waals surface area contributed by atoms with Gasteiger partial charge in [0, 0.05) is 30.2 Å². The molecule has 0 aromatic heterocycles. The van der Waals surface area contributed by atoms with Crippen molar-refractivity contribution in [2.45, 2.75) is 64.1 Å². The Kier molecular flexibility index (Phi) is 5.24. The third-order valence-electron chi connectivity index (χ3n) is 5.54.